The van der Waals surface area contributed by atoms with Crippen LogP contribution in [-0.2, 0) is 0 Å². The van der Waals surface area contributed by atoms with Gasteiger partial charge in [0.15, 0.2) is 11.6 Å². The summed E-state index contributed by atoms with van der Waals surface area (Å²) in [5, 5.41) is 2.81. The van der Waals surface area contributed by atoms with Gasteiger partial charge in [-0.25, -0.2) is 9.37 Å². The van der Waals surface area contributed by atoms with E-state index in [1.807, 2.05) is 6.92 Å². The normalized spacial score (nSPS) is 12.1. The molecule has 0 bridgehead atoms. The molecule has 0 spiro atoms. The number of nitrogens with zero attached hydrogens (tertiary/aromatic N) is 2. The zero-order chi connectivity index (χ0) is 14.4. The smallest absolute Gasteiger partial charge is 0.256 e. The molecule has 0 aliphatic heterocycles. The summed E-state index contributed by atoms with van der Waals surface area (Å²) >= 11 is 0. The first kappa shape index (κ1) is 15.4. The van der Waals surface area contributed by atoms with Gasteiger partial charge in [-0.3, -0.25) is 4.79 Å². The van der Waals surface area contributed by atoms with E-state index in [4.69, 9.17) is 0 Å². The highest BCUT2D eigenvalue weighted by Gasteiger charge is 2.20. The topological polar surface area (TPSA) is 45.2 Å². The predicted octanol–water partition coefficient (Wildman–Crippen LogP) is 2.77. The molecule has 0 aliphatic rings. The lowest BCUT2D eigenvalue weighted by atomic mass is 10.1. The molecule has 1 amide bonds. The predicted molar refractivity (Wildman–Crippen MR) is 74.8 cm³/mol. The molecule has 1 aromatic heterocycles. The number of amides is 1. The maximum absolute atomic E-state index is 14.1. The first-order valence-corrected chi connectivity index (χ1v) is 6.65. The fourth-order valence-corrected chi connectivity index (χ4v) is 1.78. The van der Waals surface area contributed by atoms with Crippen LogP contribution in [0, 0.1) is 11.7 Å². The molecule has 19 heavy (non-hydrogen) atoms. The third-order valence-electron chi connectivity index (χ3n) is 3.09. The van der Waals surface area contributed by atoms with Crippen molar-refractivity contribution >= 4 is 11.7 Å². The van der Waals surface area contributed by atoms with Crippen molar-refractivity contribution in [3.05, 3.63) is 23.6 Å². The third kappa shape index (κ3) is 3.91. The van der Waals surface area contributed by atoms with Crippen molar-refractivity contribution in [2.24, 2.45) is 5.92 Å². The van der Waals surface area contributed by atoms with Crippen molar-refractivity contribution in [3.63, 3.8) is 0 Å². The fourth-order valence-electron chi connectivity index (χ4n) is 1.78. The van der Waals surface area contributed by atoms with Crippen LogP contribution >= 0.6 is 0 Å². The third-order valence-corrected chi connectivity index (χ3v) is 3.09. The number of halogens is 1. The molecule has 106 valence electrons. The van der Waals surface area contributed by atoms with Gasteiger partial charge in [-0.1, -0.05) is 20.3 Å². The lowest BCUT2D eigenvalue weighted by molar-refractivity contribution is 0.0770. The Morgan fingerprint density at radius 1 is 1.53 bits per heavy atom. The Balaban J connectivity index is 2.90. The summed E-state index contributed by atoms with van der Waals surface area (Å²) in [7, 11) is 1.70. The van der Waals surface area contributed by atoms with E-state index < -0.39 is 5.82 Å². The number of rotatable bonds is 6. The average Bonchev–Trinajstić information content (AvgIpc) is 2.40. The van der Waals surface area contributed by atoms with Crippen LogP contribution in [0.1, 0.15) is 37.6 Å². The molecule has 1 N–H and O–H groups in total. The van der Waals surface area contributed by atoms with Gasteiger partial charge < -0.3 is 10.2 Å². The van der Waals surface area contributed by atoms with Gasteiger partial charge in [-0.05, 0) is 18.9 Å². The molecular formula is C14H22FN3O. The lowest BCUT2D eigenvalue weighted by Crippen LogP contribution is -2.31. The Hall–Kier alpha value is -1.65. The number of nitrogens with one attached hydrogen (secondary N) is 1. The molecule has 1 rings (SSSR count). The van der Waals surface area contributed by atoms with Crippen LogP contribution in [0.4, 0.5) is 10.2 Å². The lowest BCUT2D eigenvalue weighted by Gasteiger charge is -2.21. The van der Waals surface area contributed by atoms with Crippen molar-refractivity contribution in [2.75, 3.05) is 25.5 Å². The minimum absolute atomic E-state index is 0.0664. The average molecular weight is 267 g/mol. The minimum Gasteiger partial charge on any atom is -0.368 e. The summed E-state index contributed by atoms with van der Waals surface area (Å²) in [5.41, 5.74) is 0.0664. The van der Waals surface area contributed by atoms with Gasteiger partial charge in [0.2, 0.25) is 0 Å². The first-order valence-electron chi connectivity index (χ1n) is 6.65. The van der Waals surface area contributed by atoms with E-state index in [-0.39, 0.29) is 17.3 Å². The molecule has 0 fully saturated rings. The molecule has 1 heterocycles. The second-order valence-electron chi connectivity index (χ2n) is 4.75. The van der Waals surface area contributed by atoms with Gasteiger partial charge in [0, 0.05) is 26.3 Å². The summed E-state index contributed by atoms with van der Waals surface area (Å²) in [6.45, 7) is 7.17. The summed E-state index contributed by atoms with van der Waals surface area (Å²) < 4.78 is 14.1. The van der Waals surface area contributed by atoms with Crippen LogP contribution in [0.5, 0.6) is 0 Å². The number of pyridine rings is 1. The first-order chi connectivity index (χ1) is 9.01. The standard InChI is InChI=1S/C14H22FN3O/c1-5-10(3)9-18(4)14(19)11-7-8-17-13(12(11)15)16-6-2/h7-8,10H,5-6,9H2,1-4H3,(H,16,17). The van der Waals surface area contributed by atoms with E-state index in [0.717, 1.165) is 6.42 Å². The summed E-state index contributed by atoms with van der Waals surface area (Å²) in [6.07, 6.45) is 2.44. The Kier molecular flexibility index (Phi) is 5.73. The number of carbonyl (C=O) groups is 1. The molecule has 1 aromatic rings. The van der Waals surface area contributed by atoms with E-state index in [2.05, 4.69) is 24.1 Å². The Morgan fingerprint density at radius 2 is 2.21 bits per heavy atom. The van der Waals surface area contributed by atoms with Crippen molar-refractivity contribution in [1.29, 1.82) is 0 Å². The van der Waals surface area contributed by atoms with E-state index in [0.29, 0.717) is 19.0 Å². The fraction of sp³-hybridized carbons (Fsp3) is 0.571. The van der Waals surface area contributed by atoms with Crippen molar-refractivity contribution in [3.8, 4) is 0 Å². The van der Waals surface area contributed by atoms with Gasteiger partial charge in [-0.15, -0.1) is 0 Å². The Morgan fingerprint density at radius 3 is 2.79 bits per heavy atom. The summed E-state index contributed by atoms with van der Waals surface area (Å²) in [5.74, 6) is -0.359. The maximum Gasteiger partial charge on any atom is 0.256 e. The van der Waals surface area contributed by atoms with E-state index in [1.165, 1.54) is 12.3 Å². The van der Waals surface area contributed by atoms with Crippen LogP contribution in [0.25, 0.3) is 0 Å². The number of hydrogen-bond acceptors (Lipinski definition) is 3. The van der Waals surface area contributed by atoms with Crippen molar-refractivity contribution in [1.82, 2.24) is 9.88 Å². The molecule has 0 aromatic carbocycles. The second kappa shape index (κ2) is 7.07. The molecule has 0 aliphatic carbocycles. The largest absolute Gasteiger partial charge is 0.368 e. The van der Waals surface area contributed by atoms with Crippen molar-refractivity contribution in [2.45, 2.75) is 27.2 Å². The molecular weight excluding hydrogens is 245 g/mol. The molecule has 1 unspecified atom stereocenters. The van der Waals surface area contributed by atoms with Gasteiger partial charge in [0.25, 0.3) is 5.91 Å². The highest BCUT2D eigenvalue weighted by molar-refractivity contribution is 5.95. The number of hydrogen-bond donors (Lipinski definition) is 1. The van der Waals surface area contributed by atoms with Crippen molar-refractivity contribution < 1.29 is 9.18 Å². The zero-order valence-electron chi connectivity index (χ0n) is 12.0. The van der Waals surface area contributed by atoms with Crippen LogP contribution < -0.4 is 5.32 Å². The van der Waals surface area contributed by atoms with E-state index >= 15 is 0 Å². The van der Waals surface area contributed by atoms with Crippen LogP contribution in [-0.4, -0.2) is 35.9 Å². The Bertz CT molecular complexity index is 437. The molecule has 5 heteroatoms. The van der Waals surface area contributed by atoms with Gasteiger partial charge >= 0.3 is 0 Å². The van der Waals surface area contributed by atoms with Crippen LogP contribution in [0.15, 0.2) is 12.3 Å². The van der Waals surface area contributed by atoms with Crippen LogP contribution in [0.3, 0.4) is 0 Å². The zero-order valence-corrected chi connectivity index (χ0v) is 12.0. The minimum atomic E-state index is -0.578. The molecule has 0 radical (unpaired) electrons. The van der Waals surface area contributed by atoms with Gasteiger partial charge in [0.05, 0.1) is 5.56 Å². The molecule has 0 saturated carbocycles. The second-order valence-corrected chi connectivity index (χ2v) is 4.75. The highest BCUT2D eigenvalue weighted by atomic mass is 19.1. The Labute approximate surface area is 114 Å². The highest BCUT2D eigenvalue weighted by Crippen LogP contribution is 2.17. The number of carbonyl (C=O) groups excluding carboxylic acids is 1. The summed E-state index contributed by atoms with van der Waals surface area (Å²) in [4.78, 5) is 17.7. The number of aromatic nitrogens is 1. The SMILES string of the molecule is CCNc1nccc(C(=O)N(C)CC(C)CC)c1F. The van der Waals surface area contributed by atoms with E-state index in [1.54, 1.807) is 11.9 Å². The quantitative estimate of drug-likeness (QED) is 0.862. The molecule has 4 nitrogen and oxygen atoms in total. The van der Waals surface area contributed by atoms with Gasteiger partial charge in [-0.2, -0.15) is 0 Å². The number of anilines is 1. The monoisotopic (exact) mass is 267 g/mol. The molecule has 1 atom stereocenters. The summed E-state index contributed by atoms with van der Waals surface area (Å²) in [6, 6.07) is 1.42. The molecule has 0 saturated heterocycles. The van der Waals surface area contributed by atoms with Crippen LogP contribution in [0.2, 0.25) is 0 Å². The van der Waals surface area contributed by atoms with Gasteiger partial charge in [0.1, 0.15) is 0 Å². The van der Waals surface area contributed by atoms with E-state index in [9.17, 15) is 9.18 Å². The maximum atomic E-state index is 14.1.